The molecule has 0 amide bonds. The minimum atomic E-state index is 0.470. The summed E-state index contributed by atoms with van der Waals surface area (Å²) >= 11 is 0. The van der Waals surface area contributed by atoms with Gasteiger partial charge in [-0.1, -0.05) is 18.2 Å². The van der Waals surface area contributed by atoms with Crippen molar-refractivity contribution in [3.05, 3.63) is 29.3 Å². The Bertz CT molecular complexity index is 348. The number of hydrogen-bond donors (Lipinski definition) is 0. The van der Waals surface area contributed by atoms with Crippen LogP contribution in [0, 0.1) is 6.92 Å². The van der Waals surface area contributed by atoms with E-state index in [0.29, 0.717) is 6.04 Å². The summed E-state index contributed by atoms with van der Waals surface area (Å²) in [6.45, 7) is 6.35. The highest BCUT2D eigenvalue weighted by atomic mass is 16.5. The van der Waals surface area contributed by atoms with Gasteiger partial charge in [0, 0.05) is 25.4 Å². The molecule has 0 spiro atoms. The van der Waals surface area contributed by atoms with Crippen molar-refractivity contribution in [1.29, 1.82) is 0 Å². The number of hydrogen-bond acceptors (Lipinski definition) is 2. The van der Waals surface area contributed by atoms with Crippen LogP contribution in [0.4, 0.5) is 5.69 Å². The van der Waals surface area contributed by atoms with Gasteiger partial charge in [0.2, 0.25) is 0 Å². The molecule has 0 aromatic heterocycles. The summed E-state index contributed by atoms with van der Waals surface area (Å²) < 4.78 is 5.23. The molecular formula is C13H19NO. The third-order valence-corrected chi connectivity index (χ3v) is 3.17. The van der Waals surface area contributed by atoms with Gasteiger partial charge >= 0.3 is 0 Å². The average molecular weight is 205 g/mol. The zero-order chi connectivity index (χ0) is 10.8. The Balaban J connectivity index is 2.27. The molecule has 0 fully saturated rings. The summed E-state index contributed by atoms with van der Waals surface area (Å²) in [5, 5.41) is 0. The van der Waals surface area contributed by atoms with E-state index in [0.717, 1.165) is 13.2 Å². The number of aryl methyl sites for hydroxylation is 1. The van der Waals surface area contributed by atoms with E-state index in [2.05, 4.69) is 36.9 Å². The molecule has 0 radical (unpaired) electrons. The van der Waals surface area contributed by atoms with E-state index < -0.39 is 0 Å². The summed E-state index contributed by atoms with van der Waals surface area (Å²) in [7, 11) is 1.77. The second-order valence-electron chi connectivity index (χ2n) is 4.33. The van der Waals surface area contributed by atoms with E-state index in [4.69, 9.17) is 4.74 Å². The van der Waals surface area contributed by atoms with Crippen LogP contribution >= 0.6 is 0 Å². The number of ether oxygens (including phenoxy) is 1. The van der Waals surface area contributed by atoms with Gasteiger partial charge < -0.3 is 9.64 Å². The largest absolute Gasteiger partial charge is 0.383 e. The van der Waals surface area contributed by atoms with Gasteiger partial charge in [-0.15, -0.1) is 0 Å². The number of benzene rings is 1. The molecule has 1 unspecified atom stereocenters. The van der Waals surface area contributed by atoms with Crippen LogP contribution in [0.3, 0.4) is 0 Å². The molecule has 1 aliphatic heterocycles. The maximum atomic E-state index is 5.23. The first-order chi connectivity index (χ1) is 7.24. The van der Waals surface area contributed by atoms with Crippen LogP contribution in [-0.4, -0.2) is 26.3 Å². The van der Waals surface area contributed by atoms with E-state index in [9.17, 15) is 0 Å². The molecule has 2 nitrogen and oxygen atoms in total. The van der Waals surface area contributed by atoms with Gasteiger partial charge in [0.15, 0.2) is 0 Å². The average Bonchev–Trinajstić information content (AvgIpc) is 2.63. The minimum Gasteiger partial charge on any atom is -0.383 e. The van der Waals surface area contributed by atoms with E-state index >= 15 is 0 Å². The highest BCUT2D eigenvalue weighted by Gasteiger charge is 2.24. The Labute approximate surface area is 91.9 Å². The maximum Gasteiger partial charge on any atom is 0.0663 e. The van der Waals surface area contributed by atoms with Gasteiger partial charge in [0.1, 0.15) is 0 Å². The van der Waals surface area contributed by atoms with Gasteiger partial charge in [-0.2, -0.15) is 0 Å². The van der Waals surface area contributed by atoms with Crippen LogP contribution in [0.15, 0.2) is 18.2 Å². The number of nitrogens with zero attached hydrogens (tertiary/aromatic N) is 1. The van der Waals surface area contributed by atoms with Crippen molar-refractivity contribution in [1.82, 2.24) is 0 Å². The van der Waals surface area contributed by atoms with Crippen LogP contribution in [-0.2, 0) is 11.2 Å². The molecule has 1 heterocycles. The first-order valence-electron chi connectivity index (χ1n) is 5.58. The maximum absolute atomic E-state index is 5.23. The lowest BCUT2D eigenvalue weighted by Gasteiger charge is -2.28. The van der Waals surface area contributed by atoms with Gasteiger partial charge in [-0.05, 0) is 31.4 Å². The quantitative estimate of drug-likeness (QED) is 0.751. The highest BCUT2D eigenvalue weighted by Crippen LogP contribution is 2.32. The zero-order valence-corrected chi connectivity index (χ0v) is 9.79. The lowest BCUT2D eigenvalue weighted by atomic mass is 10.1. The molecule has 1 aliphatic rings. The van der Waals surface area contributed by atoms with Crippen LogP contribution < -0.4 is 4.90 Å². The fraction of sp³-hybridized carbons (Fsp3) is 0.538. The van der Waals surface area contributed by atoms with Crippen molar-refractivity contribution in [3.63, 3.8) is 0 Å². The fourth-order valence-electron chi connectivity index (χ4n) is 2.46. The van der Waals surface area contributed by atoms with Gasteiger partial charge in [-0.3, -0.25) is 0 Å². The molecule has 82 valence electrons. The van der Waals surface area contributed by atoms with Crippen molar-refractivity contribution in [2.45, 2.75) is 26.3 Å². The minimum absolute atomic E-state index is 0.470. The molecule has 2 rings (SSSR count). The number of para-hydroxylation sites is 1. The monoisotopic (exact) mass is 205 g/mol. The highest BCUT2D eigenvalue weighted by molar-refractivity contribution is 5.63. The molecule has 0 aliphatic carbocycles. The van der Waals surface area contributed by atoms with Crippen LogP contribution in [0.25, 0.3) is 0 Å². The van der Waals surface area contributed by atoms with E-state index in [1.165, 1.54) is 23.2 Å². The predicted molar refractivity (Wildman–Crippen MR) is 63.6 cm³/mol. The van der Waals surface area contributed by atoms with Crippen LogP contribution in [0.5, 0.6) is 0 Å². The van der Waals surface area contributed by atoms with Crippen molar-refractivity contribution < 1.29 is 4.74 Å². The molecule has 2 heteroatoms. The summed E-state index contributed by atoms with van der Waals surface area (Å²) in [5.74, 6) is 0. The molecular weight excluding hydrogens is 186 g/mol. The number of fused-ring (bicyclic) bond motifs is 1. The molecule has 1 atom stereocenters. The summed E-state index contributed by atoms with van der Waals surface area (Å²) in [4.78, 5) is 2.47. The Kier molecular flexibility index (Phi) is 2.96. The zero-order valence-electron chi connectivity index (χ0n) is 9.79. The van der Waals surface area contributed by atoms with Crippen molar-refractivity contribution >= 4 is 5.69 Å². The SMILES string of the molecule is COCC(C)N1CCc2cccc(C)c21. The first-order valence-corrected chi connectivity index (χ1v) is 5.58. The smallest absolute Gasteiger partial charge is 0.0663 e. The second kappa shape index (κ2) is 4.23. The molecule has 0 saturated heterocycles. The van der Waals surface area contributed by atoms with Crippen LogP contribution in [0.2, 0.25) is 0 Å². The molecule has 1 aromatic carbocycles. The summed E-state index contributed by atoms with van der Waals surface area (Å²) in [6, 6.07) is 7.05. The fourth-order valence-corrected chi connectivity index (χ4v) is 2.46. The molecule has 0 saturated carbocycles. The molecule has 15 heavy (non-hydrogen) atoms. The molecule has 0 N–H and O–H groups in total. The first kappa shape index (κ1) is 10.5. The lowest BCUT2D eigenvalue weighted by Crippen LogP contribution is -2.35. The number of rotatable bonds is 3. The van der Waals surface area contributed by atoms with E-state index in [1.807, 2.05) is 0 Å². The Morgan fingerprint density at radius 1 is 1.47 bits per heavy atom. The normalized spacial score (nSPS) is 16.6. The second-order valence-corrected chi connectivity index (χ2v) is 4.33. The molecule has 1 aromatic rings. The van der Waals surface area contributed by atoms with Gasteiger partial charge in [-0.25, -0.2) is 0 Å². The van der Waals surface area contributed by atoms with E-state index in [1.54, 1.807) is 7.11 Å². The van der Waals surface area contributed by atoms with Gasteiger partial charge in [0.05, 0.1) is 6.61 Å². The predicted octanol–water partition coefficient (Wildman–Crippen LogP) is 2.39. The molecule has 0 bridgehead atoms. The number of anilines is 1. The Hall–Kier alpha value is -1.02. The Morgan fingerprint density at radius 3 is 3.00 bits per heavy atom. The van der Waals surface area contributed by atoms with E-state index in [-0.39, 0.29) is 0 Å². The van der Waals surface area contributed by atoms with Crippen LogP contribution in [0.1, 0.15) is 18.1 Å². The third-order valence-electron chi connectivity index (χ3n) is 3.17. The van der Waals surface area contributed by atoms with Gasteiger partial charge in [0.25, 0.3) is 0 Å². The lowest BCUT2D eigenvalue weighted by molar-refractivity contribution is 0.182. The topological polar surface area (TPSA) is 12.5 Å². The summed E-state index contributed by atoms with van der Waals surface area (Å²) in [6.07, 6.45) is 1.17. The third kappa shape index (κ3) is 1.86. The van der Waals surface area contributed by atoms with Crippen molar-refractivity contribution in [3.8, 4) is 0 Å². The Morgan fingerprint density at radius 2 is 2.27 bits per heavy atom. The number of methoxy groups -OCH3 is 1. The summed E-state index contributed by atoms with van der Waals surface area (Å²) in [5.41, 5.74) is 4.30. The van der Waals surface area contributed by atoms with Crippen molar-refractivity contribution in [2.75, 3.05) is 25.2 Å². The van der Waals surface area contributed by atoms with Crippen molar-refractivity contribution in [2.24, 2.45) is 0 Å². The standard InChI is InChI=1S/C13H19NO/c1-10-5-4-6-12-7-8-14(13(10)12)11(2)9-15-3/h4-6,11H,7-9H2,1-3H3.